The number of hydrogen-bond donors (Lipinski definition) is 3. The van der Waals surface area contributed by atoms with E-state index in [-0.39, 0.29) is 48.6 Å². The van der Waals surface area contributed by atoms with Crippen molar-refractivity contribution in [2.24, 2.45) is 21.7 Å². The molecule has 0 fully saturated rings. The topological polar surface area (TPSA) is 257 Å². The Balaban J connectivity index is 0.000000209. The number of fused-ring (bicyclic) bond motifs is 2. The first-order valence-corrected chi connectivity index (χ1v) is 23.2. The number of amides is 2. The van der Waals surface area contributed by atoms with Gasteiger partial charge in [-0.1, -0.05) is 18.2 Å². The summed E-state index contributed by atoms with van der Waals surface area (Å²) in [5.74, 6) is 9.21. The third-order valence-corrected chi connectivity index (χ3v) is 10.6. The third-order valence-electron chi connectivity index (χ3n) is 10.6. The van der Waals surface area contributed by atoms with Gasteiger partial charge in [-0.3, -0.25) is 14.8 Å². The summed E-state index contributed by atoms with van der Waals surface area (Å²) in [4.78, 5) is 45.1. The average Bonchev–Trinajstić information content (AvgIpc) is 3.93. The van der Waals surface area contributed by atoms with Gasteiger partial charge >= 0.3 is 12.2 Å². The van der Waals surface area contributed by atoms with E-state index in [1.54, 1.807) is 15.9 Å². The second-order valence-corrected chi connectivity index (χ2v) is 18.6. The molecule has 380 valence electrons. The van der Waals surface area contributed by atoms with Crippen molar-refractivity contribution in [1.29, 1.82) is 0 Å². The summed E-state index contributed by atoms with van der Waals surface area (Å²) >= 11 is 0. The number of carbonyl (C=O) groups is 2. The molecule has 3 aliphatic heterocycles. The molecule has 0 bridgehead atoms. The van der Waals surface area contributed by atoms with Crippen LogP contribution in [0.1, 0.15) is 116 Å². The van der Waals surface area contributed by atoms with Crippen LogP contribution in [0.4, 0.5) is 9.59 Å². The smallest absolute Gasteiger partial charge is 0.411 e. The number of carbonyl (C=O) groups excluding carboxylic acids is 2. The van der Waals surface area contributed by atoms with Crippen LogP contribution in [0, 0.1) is 20.8 Å². The van der Waals surface area contributed by atoms with Gasteiger partial charge in [0, 0.05) is 49.8 Å². The molecule has 3 aliphatic rings. The van der Waals surface area contributed by atoms with Gasteiger partial charge in [-0.15, -0.1) is 32.8 Å². The number of nitrogens with one attached hydrogen (secondary N) is 1. The maximum atomic E-state index is 12.4. The largest absolute Gasteiger partial charge is 0.480 e. The lowest BCUT2D eigenvalue weighted by Crippen LogP contribution is -2.50. The average molecular weight is 988 g/mol. The number of halogens is 1. The lowest BCUT2D eigenvalue weighted by Gasteiger charge is -2.34. The first-order valence-electron chi connectivity index (χ1n) is 23.2. The Bertz CT molecular complexity index is 2580. The molecule has 0 radical (unpaired) electrons. The highest BCUT2D eigenvalue weighted by Crippen LogP contribution is 2.29. The minimum Gasteiger partial charge on any atom is -0.480 e. The molecule has 0 spiro atoms. The van der Waals surface area contributed by atoms with E-state index in [0.29, 0.717) is 44.4 Å². The van der Waals surface area contributed by atoms with Crippen LogP contribution in [-0.2, 0) is 27.3 Å². The highest BCUT2D eigenvalue weighted by atomic mass is 35.5. The van der Waals surface area contributed by atoms with Gasteiger partial charge in [-0.2, -0.15) is 5.10 Å². The second-order valence-electron chi connectivity index (χ2n) is 18.6. The van der Waals surface area contributed by atoms with Crippen molar-refractivity contribution >= 4 is 36.3 Å². The van der Waals surface area contributed by atoms with Crippen LogP contribution in [0.3, 0.4) is 0 Å². The van der Waals surface area contributed by atoms with Crippen molar-refractivity contribution in [3.63, 3.8) is 0 Å². The number of aliphatic imine (C=N–C) groups is 1. The van der Waals surface area contributed by atoms with Crippen molar-refractivity contribution in [3.8, 4) is 23.0 Å². The fourth-order valence-corrected chi connectivity index (χ4v) is 7.37. The number of rotatable bonds is 4. The minimum atomic E-state index is -0.515. The summed E-state index contributed by atoms with van der Waals surface area (Å²) in [5.41, 5.74) is 9.59. The third kappa shape index (κ3) is 15.1. The van der Waals surface area contributed by atoms with Gasteiger partial charge in [0.1, 0.15) is 40.2 Å². The number of hydrazone groups is 1. The lowest BCUT2D eigenvalue weighted by atomic mass is 10.2. The van der Waals surface area contributed by atoms with E-state index in [4.69, 9.17) is 25.8 Å². The van der Waals surface area contributed by atoms with Gasteiger partial charge < -0.3 is 40.2 Å². The molecule has 5 N–H and O–H groups in total. The summed E-state index contributed by atoms with van der Waals surface area (Å²) in [5, 5.41) is 23.8. The van der Waals surface area contributed by atoms with E-state index in [1.165, 1.54) is 0 Å². The molecule has 21 nitrogen and oxygen atoms in total. The number of aryl methyl sites for hydroxylation is 3. The number of aromatic nitrogens is 9. The van der Waals surface area contributed by atoms with Crippen LogP contribution in [0.5, 0.6) is 0 Å². The molecule has 0 aliphatic carbocycles. The van der Waals surface area contributed by atoms with Gasteiger partial charge in [0.25, 0.3) is 0 Å². The molecule has 5 aromatic rings. The summed E-state index contributed by atoms with van der Waals surface area (Å²) in [6.07, 6.45) is -0.628. The molecule has 8 heterocycles. The second kappa shape index (κ2) is 24.7. The molecule has 0 aromatic carbocycles. The van der Waals surface area contributed by atoms with Crippen molar-refractivity contribution in [2.75, 3.05) is 32.8 Å². The predicted molar refractivity (Wildman–Crippen MR) is 271 cm³/mol. The van der Waals surface area contributed by atoms with Crippen molar-refractivity contribution in [2.45, 2.75) is 132 Å². The summed E-state index contributed by atoms with van der Waals surface area (Å²) < 4.78 is 20.4. The highest BCUT2D eigenvalue weighted by molar-refractivity contribution is 5.95. The number of pyridine rings is 3. The van der Waals surface area contributed by atoms with Crippen molar-refractivity contribution in [3.05, 3.63) is 89.0 Å². The molecule has 22 heteroatoms. The maximum Gasteiger partial charge on any atom is 0.411 e. The van der Waals surface area contributed by atoms with Crippen LogP contribution < -0.4 is 16.9 Å². The number of nitrogens with two attached hydrogens (primary N) is 2. The Labute approximate surface area is 417 Å². The number of nitrogens with zero attached hydrogens (tertiary/aromatic N) is 13. The minimum absolute atomic E-state index is 0. The van der Waals surface area contributed by atoms with Gasteiger partial charge in [-0.25, -0.2) is 24.5 Å². The molecule has 8 rings (SSSR count). The zero-order valence-corrected chi connectivity index (χ0v) is 43.6. The maximum absolute atomic E-state index is 12.4. The van der Waals surface area contributed by atoms with Gasteiger partial charge in [0.15, 0.2) is 23.3 Å². The van der Waals surface area contributed by atoms with E-state index >= 15 is 0 Å². The van der Waals surface area contributed by atoms with Gasteiger partial charge in [0.05, 0.1) is 25.2 Å². The standard InChI is InChI=1S/C17H23N5O2.C12H15N5.C12H22N2O3.C7H10N4.ClH/c1-11-7-6-8-13(18-11)15-20-19-14-12(2)21(9-10-22(14)15)16(23)24-17(3,4)5;1-8-4-3-5-10(14-8)12-16-15-11-9(2)13-6-7-17(11)12;1-6-16-10-9(2)14(8-7-13-10)11(15)17-12(3,4)5;1-5-3-2-4-6(10-5)7(8)11-9;/h6-8,12H,9-10H2,1-5H3;3-5,9,13H,6-7H2,1-2H3;9H,6-8H2,1-5H3;2-4H,9H2,1H3,(H2,8,11);1H. The zero-order chi connectivity index (χ0) is 50.6. The van der Waals surface area contributed by atoms with Crippen LogP contribution in [-0.4, -0.2) is 128 Å². The van der Waals surface area contributed by atoms with E-state index in [0.717, 1.165) is 64.9 Å². The monoisotopic (exact) mass is 987 g/mol. The normalized spacial score (nSPS) is 17.5. The fourth-order valence-electron chi connectivity index (χ4n) is 7.37. The fraction of sp³-hybridized carbons (Fsp3) is 0.521. The Morgan fingerprint density at radius 3 is 1.70 bits per heavy atom. The summed E-state index contributed by atoms with van der Waals surface area (Å²) in [6.45, 7) is 29.6. The van der Waals surface area contributed by atoms with E-state index in [2.05, 4.69) is 62.2 Å². The molecule has 3 unspecified atom stereocenters. The molecule has 0 saturated heterocycles. The van der Waals surface area contributed by atoms with Gasteiger partial charge in [-0.05, 0) is 126 Å². The lowest BCUT2D eigenvalue weighted by molar-refractivity contribution is 0.0120. The Morgan fingerprint density at radius 2 is 1.20 bits per heavy atom. The molecule has 2 amide bonds. The Hall–Kier alpha value is -6.74. The van der Waals surface area contributed by atoms with Crippen LogP contribution >= 0.6 is 12.4 Å². The van der Waals surface area contributed by atoms with E-state index in [1.807, 2.05) is 136 Å². The molecular formula is C48H71ClN16O5. The predicted octanol–water partition coefficient (Wildman–Crippen LogP) is 6.72. The first kappa shape index (κ1) is 55.9. The van der Waals surface area contributed by atoms with Crippen molar-refractivity contribution in [1.82, 2.24) is 59.6 Å². The van der Waals surface area contributed by atoms with E-state index < -0.39 is 11.2 Å². The molecular weight excluding hydrogens is 916 g/mol. The molecule has 5 aromatic heterocycles. The van der Waals surface area contributed by atoms with Crippen LogP contribution in [0.2, 0.25) is 0 Å². The van der Waals surface area contributed by atoms with Gasteiger partial charge in [0.2, 0.25) is 5.90 Å². The number of amidine groups is 1. The van der Waals surface area contributed by atoms with Crippen molar-refractivity contribution < 1.29 is 23.8 Å². The quantitative estimate of drug-likeness (QED) is 0.0731. The Morgan fingerprint density at radius 1 is 0.700 bits per heavy atom. The highest BCUT2D eigenvalue weighted by Gasteiger charge is 2.35. The molecule has 3 atom stereocenters. The van der Waals surface area contributed by atoms with Crippen LogP contribution in [0.25, 0.3) is 23.0 Å². The van der Waals surface area contributed by atoms with Crippen LogP contribution in [0.15, 0.2) is 64.7 Å². The SMILES string of the molecule is CCOC1=NCCN(C(=O)OC(C)(C)C)C1C.Cc1cccc(-c2nnc3n2CCN(C(=O)OC(C)(C)C)C3C)n1.Cc1cccc(-c2nnc3n2CCNC3C)n1.Cc1cccc(C(N)=NN)n1.Cl. The summed E-state index contributed by atoms with van der Waals surface area (Å²) in [6, 6.07) is 17.2. The molecule has 70 heavy (non-hydrogen) atoms. The zero-order valence-electron chi connectivity index (χ0n) is 42.8. The first-order chi connectivity index (χ1) is 32.6. The summed E-state index contributed by atoms with van der Waals surface area (Å²) in [7, 11) is 0. The Kier molecular flexibility index (Phi) is 19.7. The number of hydrogen-bond acceptors (Lipinski definition) is 16. The van der Waals surface area contributed by atoms with E-state index in [9.17, 15) is 9.59 Å². The number of ether oxygens (including phenoxy) is 3. The molecule has 0 saturated carbocycles.